The summed E-state index contributed by atoms with van der Waals surface area (Å²) in [4.78, 5) is 16.7. The van der Waals surface area contributed by atoms with Crippen LogP contribution in [0.3, 0.4) is 0 Å². The monoisotopic (exact) mass is 332 g/mol. The average molecular weight is 332 g/mol. The van der Waals surface area contributed by atoms with Gasteiger partial charge in [0.1, 0.15) is 17.3 Å². The van der Waals surface area contributed by atoms with Crippen LogP contribution in [0.1, 0.15) is 49.1 Å². The van der Waals surface area contributed by atoms with Gasteiger partial charge in [-0.25, -0.2) is 14.1 Å². The van der Waals surface area contributed by atoms with Crippen molar-refractivity contribution in [2.24, 2.45) is 0 Å². The zero-order valence-electron chi connectivity index (χ0n) is 13.8. The van der Waals surface area contributed by atoms with Crippen LogP contribution in [0, 0.1) is 5.82 Å². The molecule has 1 fully saturated rings. The maximum atomic E-state index is 14.1. The molecule has 1 aliphatic heterocycles. The second-order valence-electron chi connectivity index (χ2n) is 6.20. The molecular weight excluding hydrogens is 311 g/mol. The Hall–Kier alpha value is -2.28. The number of carbonyl (C=O) groups excluding carboxylic acids is 1. The van der Waals surface area contributed by atoms with E-state index in [0.29, 0.717) is 12.4 Å². The average Bonchev–Trinajstić information content (AvgIpc) is 3.02. The van der Waals surface area contributed by atoms with Crippen molar-refractivity contribution in [3.8, 4) is 5.69 Å². The fourth-order valence-corrected chi connectivity index (χ4v) is 2.70. The first-order valence-electron chi connectivity index (χ1n) is 8.16. The maximum Gasteiger partial charge on any atom is 0.291 e. The van der Waals surface area contributed by atoms with Crippen molar-refractivity contribution < 1.29 is 13.9 Å². The lowest BCUT2D eigenvalue weighted by molar-refractivity contribution is 0.0619. The second kappa shape index (κ2) is 7.09. The molecule has 128 valence electrons. The number of benzene rings is 1. The highest BCUT2D eigenvalue weighted by molar-refractivity contribution is 5.90. The molecule has 1 aromatic heterocycles. The number of carbonyl (C=O) groups is 1. The zero-order valence-corrected chi connectivity index (χ0v) is 13.8. The van der Waals surface area contributed by atoms with Gasteiger partial charge in [-0.3, -0.25) is 4.79 Å². The molecule has 0 aliphatic carbocycles. The summed E-state index contributed by atoms with van der Waals surface area (Å²) in [5.74, 6) is -0.172. The van der Waals surface area contributed by atoms with Crippen molar-refractivity contribution in [2.75, 3.05) is 13.2 Å². The standard InChI is InChI=1S/C17H21FN4O2/c1-11(2)16-20-15(17(23)19-12-6-5-9-24-10-12)21-22(16)14-8-4-3-7-13(14)18/h3-4,7-8,11-12H,5-6,9-10H2,1-2H3,(H,19,23)/t12-/m0/s1. The molecule has 0 spiro atoms. The first-order valence-corrected chi connectivity index (χ1v) is 8.16. The molecule has 3 rings (SSSR count). The lowest BCUT2D eigenvalue weighted by Gasteiger charge is -2.22. The van der Waals surface area contributed by atoms with Gasteiger partial charge < -0.3 is 10.1 Å². The number of ether oxygens (including phenoxy) is 1. The molecule has 7 heteroatoms. The zero-order chi connectivity index (χ0) is 17.1. The Bertz CT molecular complexity index is 723. The van der Waals surface area contributed by atoms with E-state index in [0.717, 1.165) is 19.4 Å². The van der Waals surface area contributed by atoms with Crippen LogP contribution in [0.2, 0.25) is 0 Å². The number of halogens is 1. The molecule has 0 radical (unpaired) electrons. The Balaban J connectivity index is 1.88. The molecule has 0 saturated carbocycles. The van der Waals surface area contributed by atoms with Gasteiger partial charge in [0.25, 0.3) is 5.91 Å². The molecule has 1 saturated heterocycles. The van der Waals surface area contributed by atoms with Crippen molar-refractivity contribution in [1.29, 1.82) is 0 Å². The van der Waals surface area contributed by atoms with Crippen LogP contribution in [0.5, 0.6) is 0 Å². The summed E-state index contributed by atoms with van der Waals surface area (Å²) >= 11 is 0. The minimum absolute atomic E-state index is 0.00308. The lowest BCUT2D eigenvalue weighted by Crippen LogP contribution is -2.41. The molecule has 1 atom stereocenters. The summed E-state index contributed by atoms with van der Waals surface area (Å²) in [6.07, 6.45) is 1.79. The number of rotatable bonds is 4. The Morgan fingerprint density at radius 2 is 2.21 bits per heavy atom. The van der Waals surface area contributed by atoms with Gasteiger partial charge in [0.15, 0.2) is 0 Å². The van der Waals surface area contributed by atoms with Gasteiger partial charge in [-0.05, 0) is 25.0 Å². The summed E-state index contributed by atoms with van der Waals surface area (Å²) in [5, 5.41) is 7.13. The first-order chi connectivity index (χ1) is 11.6. The predicted molar refractivity (Wildman–Crippen MR) is 86.7 cm³/mol. The van der Waals surface area contributed by atoms with Gasteiger partial charge in [0, 0.05) is 12.5 Å². The van der Waals surface area contributed by atoms with Crippen molar-refractivity contribution in [1.82, 2.24) is 20.1 Å². The Kier molecular flexibility index (Phi) is 4.89. The van der Waals surface area contributed by atoms with Gasteiger partial charge in [-0.1, -0.05) is 26.0 Å². The van der Waals surface area contributed by atoms with Crippen molar-refractivity contribution >= 4 is 5.91 Å². The minimum Gasteiger partial charge on any atom is -0.379 e. The summed E-state index contributed by atoms with van der Waals surface area (Å²) in [5.41, 5.74) is 0.286. The molecule has 1 amide bonds. The number of aromatic nitrogens is 3. The molecule has 1 aliphatic rings. The maximum absolute atomic E-state index is 14.1. The van der Waals surface area contributed by atoms with E-state index in [4.69, 9.17) is 4.74 Å². The molecule has 24 heavy (non-hydrogen) atoms. The third-order valence-corrected chi connectivity index (χ3v) is 3.93. The lowest BCUT2D eigenvalue weighted by atomic mass is 10.1. The number of nitrogens with zero attached hydrogens (tertiary/aromatic N) is 3. The third kappa shape index (κ3) is 3.46. The fraction of sp³-hybridized carbons (Fsp3) is 0.471. The van der Waals surface area contributed by atoms with Crippen molar-refractivity contribution in [3.05, 3.63) is 41.7 Å². The van der Waals surface area contributed by atoms with Crippen molar-refractivity contribution in [2.45, 2.75) is 38.6 Å². The van der Waals surface area contributed by atoms with Gasteiger partial charge in [0.2, 0.25) is 5.82 Å². The number of amides is 1. The Morgan fingerprint density at radius 3 is 2.88 bits per heavy atom. The van der Waals surface area contributed by atoms with E-state index in [9.17, 15) is 9.18 Å². The number of nitrogens with one attached hydrogen (secondary N) is 1. The van der Waals surface area contributed by atoms with E-state index in [1.807, 2.05) is 13.8 Å². The van der Waals surface area contributed by atoms with Crippen LogP contribution in [0.4, 0.5) is 4.39 Å². The first kappa shape index (κ1) is 16.6. The number of hydrogen-bond acceptors (Lipinski definition) is 4. The summed E-state index contributed by atoms with van der Waals surface area (Å²) in [6, 6.07) is 6.28. The number of para-hydroxylation sites is 1. The largest absolute Gasteiger partial charge is 0.379 e. The Labute approximate surface area is 140 Å². The molecule has 1 N–H and O–H groups in total. The highest BCUT2D eigenvalue weighted by atomic mass is 19.1. The van der Waals surface area contributed by atoms with E-state index in [-0.39, 0.29) is 29.4 Å². The normalized spacial score (nSPS) is 17.9. The van der Waals surface area contributed by atoms with E-state index >= 15 is 0 Å². The molecule has 2 heterocycles. The quantitative estimate of drug-likeness (QED) is 0.934. The SMILES string of the molecule is CC(C)c1nc(C(=O)N[C@H]2CCCOC2)nn1-c1ccccc1F. The molecule has 6 nitrogen and oxygen atoms in total. The van der Waals surface area contributed by atoms with Crippen LogP contribution < -0.4 is 5.32 Å². The molecule has 0 unspecified atom stereocenters. The smallest absolute Gasteiger partial charge is 0.291 e. The highest BCUT2D eigenvalue weighted by Gasteiger charge is 2.23. The Morgan fingerprint density at radius 1 is 1.42 bits per heavy atom. The summed E-state index contributed by atoms with van der Waals surface area (Å²) in [6.45, 7) is 5.08. The van der Waals surface area contributed by atoms with E-state index < -0.39 is 5.82 Å². The second-order valence-corrected chi connectivity index (χ2v) is 6.20. The van der Waals surface area contributed by atoms with E-state index in [1.165, 1.54) is 10.7 Å². The van der Waals surface area contributed by atoms with E-state index in [2.05, 4.69) is 15.4 Å². The van der Waals surface area contributed by atoms with Gasteiger partial charge in [-0.15, -0.1) is 5.10 Å². The van der Waals surface area contributed by atoms with Gasteiger partial charge in [-0.2, -0.15) is 0 Å². The van der Waals surface area contributed by atoms with Crippen LogP contribution in [0.25, 0.3) is 5.69 Å². The van der Waals surface area contributed by atoms with Crippen LogP contribution in [-0.4, -0.2) is 39.9 Å². The van der Waals surface area contributed by atoms with Gasteiger partial charge in [0.05, 0.1) is 12.6 Å². The van der Waals surface area contributed by atoms with Crippen LogP contribution in [0.15, 0.2) is 24.3 Å². The summed E-state index contributed by atoms with van der Waals surface area (Å²) in [7, 11) is 0. The molecule has 2 aromatic rings. The van der Waals surface area contributed by atoms with E-state index in [1.54, 1.807) is 18.2 Å². The summed E-state index contributed by atoms with van der Waals surface area (Å²) < 4.78 is 20.9. The molecular formula is C17H21FN4O2. The fourth-order valence-electron chi connectivity index (χ4n) is 2.70. The van der Waals surface area contributed by atoms with Crippen molar-refractivity contribution in [3.63, 3.8) is 0 Å². The number of hydrogen-bond donors (Lipinski definition) is 1. The van der Waals surface area contributed by atoms with Crippen LogP contribution in [-0.2, 0) is 4.74 Å². The predicted octanol–water partition coefficient (Wildman–Crippen LogP) is 2.44. The highest BCUT2D eigenvalue weighted by Crippen LogP contribution is 2.19. The molecule has 0 bridgehead atoms. The van der Waals surface area contributed by atoms with Crippen LogP contribution >= 0.6 is 0 Å². The third-order valence-electron chi connectivity index (χ3n) is 3.93. The molecule has 1 aromatic carbocycles. The van der Waals surface area contributed by atoms with Gasteiger partial charge >= 0.3 is 0 Å². The topological polar surface area (TPSA) is 69.0 Å². The minimum atomic E-state index is -0.406.